The molecule has 1 amide bonds. The first kappa shape index (κ1) is 18.3. The van der Waals surface area contributed by atoms with E-state index in [0.29, 0.717) is 25.0 Å². The SMILES string of the molecule is Cc1nc2ncnn2c(C)c1CCC(=O)NC(CCO)C(C)(C)C. The number of nitrogens with one attached hydrogen (secondary N) is 1. The van der Waals surface area contributed by atoms with Crippen molar-refractivity contribution in [3.05, 3.63) is 23.3 Å². The van der Waals surface area contributed by atoms with Crippen LogP contribution in [0, 0.1) is 19.3 Å². The van der Waals surface area contributed by atoms with Gasteiger partial charge in [-0.3, -0.25) is 4.79 Å². The van der Waals surface area contributed by atoms with E-state index in [2.05, 4.69) is 41.2 Å². The molecule has 0 aromatic carbocycles. The normalized spacial score (nSPS) is 13.2. The Balaban J connectivity index is 2.06. The molecule has 132 valence electrons. The third kappa shape index (κ3) is 4.08. The molecule has 0 spiro atoms. The second-order valence-electron chi connectivity index (χ2n) is 7.23. The van der Waals surface area contributed by atoms with Gasteiger partial charge in [0.2, 0.25) is 5.91 Å². The second kappa shape index (κ2) is 7.25. The Morgan fingerprint density at radius 2 is 2.08 bits per heavy atom. The van der Waals surface area contributed by atoms with Gasteiger partial charge in [0.25, 0.3) is 5.78 Å². The molecule has 0 saturated carbocycles. The molecule has 0 aliphatic heterocycles. The minimum absolute atomic E-state index is 0.0131. The predicted molar refractivity (Wildman–Crippen MR) is 91.7 cm³/mol. The van der Waals surface area contributed by atoms with Crippen LogP contribution in [-0.2, 0) is 11.2 Å². The van der Waals surface area contributed by atoms with E-state index in [4.69, 9.17) is 0 Å². The highest BCUT2D eigenvalue weighted by Gasteiger charge is 2.25. The van der Waals surface area contributed by atoms with E-state index < -0.39 is 0 Å². The molecule has 1 unspecified atom stereocenters. The first-order valence-electron chi connectivity index (χ1n) is 8.30. The van der Waals surface area contributed by atoms with Crippen molar-refractivity contribution in [1.29, 1.82) is 0 Å². The van der Waals surface area contributed by atoms with Crippen LogP contribution in [0.3, 0.4) is 0 Å². The lowest BCUT2D eigenvalue weighted by Crippen LogP contribution is -2.44. The average molecular weight is 333 g/mol. The summed E-state index contributed by atoms with van der Waals surface area (Å²) in [5, 5.41) is 16.4. The Morgan fingerprint density at radius 1 is 1.38 bits per heavy atom. The maximum absolute atomic E-state index is 12.3. The maximum atomic E-state index is 12.3. The van der Waals surface area contributed by atoms with Crippen molar-refractivity contribution in [1.82, 2.24) is 24.9 Å². The van der Waals surface area contributed by atoms with Crippen molar-refractivity contribution in [3.8, 4) is 0 Å². The lowest BCUT2D eigenvalue weighted by Gasteiger charge is -2.31. The predicted octanol–water partition coefficient (Wildman–Crippen LogP) is 1.59. The molecule has 0 bridgehead atoms. The molecule has 0 radical (unpaired) electrons. The highest BCUT2D eigenvalue weighted by Crippen LogP contribution is 2.22. The molecular weight excluding hydrogens is 306 g/mol. The third-order valence-electron chi connectivity index (χ3n) is 4.39. The monoisotopic (exact) mass is 333 g/mol. The van der Waals surface area contributed by atoms with Crippen LogP contribution in [0.15, 0.2) is 6.33 Å². The largest absolute Gasteiger partial charge is 0.396 e. The minimum Gasteiger partial charge on any atom is -0.396 e. The van der Waals surface area contributed by atoms with Gasteiger partial charge in [-0.2, -0.15) is 10.1 Å². The summed E-state index contributed by atoms with van der Waals surface area (Å²) in [6.45, 7) is 10.1. The zero-order chi connectivity index (χ0) is 17.9. The van der Waals surface area contributed by atoms with Gasteiger partial charge in [0.1, 0.15) is 6.33 Å². The van der Waals surface area contributed by atoms with Crippen LogP contribution in [0.5, 0.6) is 0 Å². The standard InChI is InChI=1S/C17H27N5O2/c1-11-13(12(2)22-16(20-11)18-10-19-22)6-7-15(24)21-14(8-9-23)17(3,4)5/h10,14,23H,6-9H2,1-5H3,(H,21,24). The Kier molecular flexibility index (Phi) is 5.54. The number of rotatable bonds is 6. The summed E-state index contributed by atoms with van der Waals surface area (Å²) in [4.78, 5) is 20.9. The first-order chi connectivity index (χ1) is 11.2. The number of aliphatic hydroxyl groups excluding tert-OH is 1. The number of aliphatic hydroxyl groups is 1. The van der Waals surface area contributed by atoms with Gasteiger partial charge < -0.3 is 10.4 Å². The van der Waals surface area contributed by atoms with Crippen LogP contribution in [0.25, 0.3) is 5.78 Å². The van der Waals surface area contributed by atoms with Gasteiger partial charge in [-0.15, -0.1) is 0 Å². The van der Waals surface area contributed by atoms with Crippen molar-refractivity contribution in [2.24, 2.45) is 5.41 Å². The molecule has 7 heteroatoms. The zero-order valence-corrected chi connectivity index (χ0v) is 15.1. The summed E-state index contributed by atoms with van der Waals surface area (Å²) in [6.07, 6.45) is 3.01. The summed E-state index contributed by atoms with van der Waals surface area (Å²) >= 11 is 0. The lowest BCUT2D eigenvalue weighted by molar-refractivity contribution is -0.122. The van der Waals surface area contributed by atoms with Gasteiger partial charge in [0.15, 0.2) is 0 Å². The Labute approximate surface area is 142 Å². The van der Waals surface area contributed by atoms with Gasteiger partial charge in [-0.1, -0.05) is 20.8 Å². The van der Waals surface area contributed by atoms with Crippen molar-refractivity contribution < 1.29 is 9.90 Å². The Bertz CT molecular complexity index is 718. The second-order valence-corrected chi connectivity index (χ2v) is 7.23. The summed E-state index contributed by atoms with van der Waals surface area (Å²) in [7, 11) is 0. The molecule has 0 aliphatic carbocycles. The van der Waals surface area contributed by atoms with Crippen molar-refractivity contribution in [2.75, 3.05) is 6.61 Å². The molecule has 0 saturated heterocycles. The summed E-state index contributed by atoms with van der Waals surface area (Å²) in [5.74, 6) is 0.565. The topological polar surface area (TPSA) is 92.4 Å². The van der Waals surface area contributed by atoms with Gasteiger partial charge in [-0.25, -0.2) is 9.50 Å². The first-order valence-corrected chi connectivity index (χ1v) is 8.30. The Morgan fingerprint density at radius 3 is 2.71 bits per heavy atom. The van der Waals surface area contributed by atoms with Crippen LogP contribution in [0.2, 0.25) is 0 Å². The maximum Gasteiger partial charge on any atom is 0.252 e. The number of amides is 1. The van der Waals surface area contributed by atoms with Crippen LogP contribution in [0.1, 0.15) is 50.6 Å². The fraction of sp³-hybridized carbons (Fsp3) is 0.647. The number of hydrogen-bond donors (Lipinski definition) is 2. The quantitative estimate of drug-likeness (QED) is 0.837. The van der Waals surface area contributed by atoms with Crippen LogP contribution >= 0.6 is 0 Å². The molecule has 2 aromatic heterocycles. The molecule has 2 N–H and O–H groups in total. The number of fused-ring (bicyclic) bond motifs is 1. The van der Waals surface area contributed by atoms with E-state index >= 15 is 0 Å². The summed E-state index contributed by atoms with van der Waals surface area (Å²) in [6, 6.07) is -0.0480. The highest BCUT2D eigenvalue weighted by atomic mass is 16.3. The fourth-order valence-electron chi connectivity index (χ4n) is 2.87. The van der Waals surface area contributed by atoms with Crippen LogP contribution in [-0.4, -0.2) is 43.2 Å². The highest BCUT2D eigenvalue weighted by molar-refractivity contribution is 5.76. The molecule has 2 rings (SSSR count). The van der Waals surface area contributed by atoms with E-state index in [1.807, 2.05) is 13.8 Å². The third-order valence-corrected chi connectivity index (χ3v) is 4.39. The fourth-order valence-corrected chi connectivity index (χ4v) is 2.87. The van der Waals surface area contributed by atoms with Crippen LogP contribution < -0.4 is 5.32 Å². The van der Waals surface area contributed by atoms with E-state index in [1.165, 1.54) is 6.33 Å². The van der Waals surface area contributed by atoms with E-state index in [0.717, 1.165) is 17.0 Å². The molecule has 24 heavy (non-hydrogen) atoms. The summed E-state index contributed by atoms with van der Waals surface area (Å²) in [5.41, 5.74) is 2.78. The van der Waals surface area contributed by atoms with Crippen LogP contribution in [0.4, 0.5) is 0 Å². The molecule has 1 atom stereocenters. The molecule has 2 heterocycles. The zero-order valence-electron chi connectivity index (χ0n) is 15.1. The number of carbonyl (C=O) groups is 1. The number of aryl methyl sites for hydroxylation is 2. The number of carbonyl (C=O) groups excluding carboxylic acids is 1. The van der Waals surface area contributed by atoms with Crippen molar-refractivity contribution >= 4 is 11.7 Å². The van der Waals surface area contributed by atoms with E-state index in [1.54, 1.807) is 4.52 Å². The number of aromatic nitrogens is 4. The smallest absolute Gasteiger partial charge is 0.252 e. The molecular formula is C17H27N5O2. The van der Waals surface area contributed by atoms with Gasteiger partial charge >= 0.3 is 0 Å². The Hall–Kier alpha value is -2.02. The average Bonchev–Trinajstić information content (AvgIpc) is 2.94. The van der Waals surface area contributed by atoms with Gasteiger partial charge in [-0.05, 0) is 37.7 Å². The van der Waals surface area contributed by atoms with Gasteiger partial charge in [0.05, 0.1) is 0 Å². The lowest BCUT2D eigenvalue weighted by atomic mass is 9.85. The summed E-state index contributed by atoms with van der Waals surface area (Å²) < 4.78 is 1.70. The molecule has 7 nitrogen and oxygen atoms in total. The number of hydrogen-bond acceptors (Lipinski definition) is 5. The van der Waals surface area contributed by atoms with E-state index in [-0.39, 0.29) is 24.0 Å². The molecule has 0 fully saturated rings. The molecule has 2 aromatic rings. The van der Waals surface area contributed by atoms with Crippen molar-refractivity contribution in [3.63, 3.8) is 0 Å². The van der Waals surface area contributed by atoms with E-state index in [9.17, 15) is 9.90 Å². The molecule has 0 aliphatic rings. The number of nitrogens with zero attached hydrogens (tertiary/aromatic N) is 4. The van der Waals surface area contributed by atoms with Crippen molar-refractivity contribution in [2.45, 2.75) is 59.9 Å². The van der Waals surface area contributed by atoms with Gasteiger partial charge in [0, 0.05) is 30.5 Å². The minimum atomic E-state index is -0.0918.